The number of aryl methyl sites for hydroxylation is 1. The fourth-order valence-corrected chi connectivity index (χ4v) is 2.62. The first-order chi connectivity index (χ1) is 9.15. The summed E-state index contributed by atoms with van der Waals surface area (Å²) in [5, 5.41) is 11.9. The molecule has 1 aromatic rings. The van der Waals surface area contributed by atoms with Crippen molar-refractivity contribution in [3.8, 4) is 0 Å². The third-order valence-corrected chi connectivity index (χ3v) is 3.61. The van der Waals surface area contributed by atoms with Gasteiger partial charge in [0, 0.05) is 13.1 Å². The zero-order valence-corrected chi connectivity index (χ0v) is 12.4. The first-order valence-corrected chi connectivity index (χ1v) is 7.40. The number of hydrogen-bond donors (Lipinski definition) is 1. The molecule has 0 bridgehead atoms. The molecule has 4 nitrogen and oxygen atoms in total. The average Bonchev–Trinajstić information content (AvgIpc) is 2.39. The summed E-state index contributed by atoms with van der Waals surface area (Å²) in [5.74, 6) is 2.49. The van der Waals surface area contributed by atoms with Crippen LogP contribution in [-0.2, 0) is 0 Å². The van der Waals surface area contributed by atoms with E-state index in [1.807, 2.05) is 6.20 Å². The summed E-state index contributed by atoms with van der Waals surface area (Å²) < 4.78 is 0. The van der Waals surface area contributed by atoms with Gasteiger partial charge in [0.1, 0.15) is 0 Å². The molecule has 1 aromatic heterocycles. The minimum Gasteiger partial charge on any atom is -0.355 e. The topological polar surface area (TPSA) is 41.1 Å². The highest BCUT2D eigenvalue weighted by atomic mass is 15.3. The van der Waals surface area contributed by atoms with Crippen LogP contribution in [0.25, 0.3) is 0 Å². The van der Waals surface area contributed by atoms with E-state index >= 15 is 0 Å². The van der Waals surface area contributed by atoms with Gasteiger partial charge in [-0.25, -0.2) is 0 Å². The number of nitrogens with zero attached hydrogens (tertiary/aromatic N) is 3. The Kier molecular flexibility index (Phi) is 5.14. The third-order valence-electron chi connectivity index (χ3n) is 3.61. The van der Waals surface area contributed by atoms with E-state index in [1.165, 1.54) is 18.4 Å². The standard InChI is InChI=1S/C15H26N4/c1-12(2)8-16-10-14-5-4-6-19(11-14)15-7-13(3)9-17-18-15/h7,9,12,14,16H,4-6,8,10-11H2,1-3H3. The van der Waals surface area contributed by atoms with Crippen LogP contribution in [0.3, 0.4) is 0 Å². The maximum absolute atomic E-state index is 4.26. The van der Waals surface area contributed by atoms with Gasteiger partial charge < -0.3 is 10.2 Å². The second-order valence-corrected chi connectivity index (χ2v) is 6.10. The molecule has 0 saturated carbocycles. The highest BCUT2D eigenvalue weighted by Crippen LogP contribution is 2.21. The zero-order valence-electron chi connectivity index (χ0n) is 12.4. The van der Waals surface area contributed by atoms with Gasteiger partial charge in [-0.05, 0) is 56.3 Å². The van der Waals surface area contributed by atoms with Crippen LogP contribution < -0.4 is 10.2 Å². The summed E-state index contributed by atoms with van der Waals surface area (Å²) >= 11 is 0. The van der Waals surface area contributed by atoms with Crippen molar-refractivity contribution in [2.45, 2.75) is 33.6 Å². The second-order valence-electron chi connectivity index (χ2n) is 6.10. The lowest BCUT2D eigenvalue weighted by Crippen LogP contribution is -2.40. The summed E-state index contributed by atoms with van der Waals surface area (Å²) in [5.41, 5.74) is 1.19. The van der Waals surface area contributed by atoms with E-state index in [9.17, 15) is 0 Å². The fraction of sp³-hybridized carbons (Fsp3) is 0.733. The van der Waals surface area contributed by atoms with Gasteiger partial charge in [0.25, 0.3) is 0 Å². The van der Waals surface area contributed by atoms with Crippen molar-refractivity contribution in [2.24, 2.45) is 11.8 Å². The number of nitrogens with one attached hydrogen (secondary N) is 1. The molecule has 1 aliphatic heterocycles. The Hall–Kier alpha value is -1.16. The van der Waals surface area contributed by atoms with Crippen molar-refractivity contribution >= 4 is 5.82 Å². The van der Waals surface area contributed by atoms with Gasteiger partial charge in [-0.2, -0.15) is 5.10 Å². The molecule has 1 aliphatic rings. The molecule has 2 rings (SSSR count). The molecule has 1 unspecified atom stereocenters. The van der Waals surface area contributed by atoms with Crippen LogP contribution in [0.2, 0.25) is 0 Å². The number of piperidine rings is 1. The smallest absolute Gasteiger partial charge is 0.151 e. The van der Waals surface area contributed by atoms with Crippen molar-refractivity contribution in [3.05, 3.63) is 17.8 Å². The van der Waals surface area contributed by atoms with Gasteiger partial charge in [0.15, 0.2) is 5.82 Å². The molecule has 1 atom stereocenters. The molecule has 0 spiro atoms. The molecule has 0 radical (unpaired) electrons. The normalized spacial score (nSPS) is 20.0. The molecule has 0 amide bonds. The minimum atomic E-state index is 0.724. The molecule has 19 heavy (non-hydrogen) atoms. The van der Waals surface area contributed by atoms with E-state index in [4.69, 9.17) is 0 Å². The minimum absolute atomic E-state index is 0.724. The van der Waals surface area contributed by atoms with Crippen LogP contribution >= 0.6 is 0 Å². The largest absolute Gasteiger partial charge is 0.355 e. The number of anilines is 1. The Morgan fingerprint density at radius 1 is 1.47 bits per heavy atom. The molecule has 1 N–H and O–H groups in total. The second kappa shape index (κ2) is 6.85. The Morgan fingerprint density at radius 3 is 3.05 bits per heavy atom. The van der Waals surface area contributed by atoms with Crippen LogP contribution in [0.5, 0.6) is 0 Å². The Balaban J connectivity index is 1.86. The Bertz CT molecular complexity index is 391. The van der Waals surface area contributed by atoms with Gasteiger partial charge in [0.2, 0.25) is 0 Å². The molecule has 1 saturated heterocycles. The third kappa shape index (κ3) is 4.46. The molecule has 1 fully saturated rings. The highest BCUT2D eigenvalue weighted by Gasteiger charge is 2.20. The lowest BCUT2D eigenvalue weighted by Gasteiger charge is -2.33. The van der Waals surface area contributed by atoms with Crippen molar-refractivity contribution in [3.63, 3.8) is 0 Å². The molecule has 4 heteroatoms. The van der Waals surface area contributed by atoms with E-state index in [1.54, 1.807) is 0 Å². The van der Waals surface area contributed by atoms with E-state index in [0.29, 0.717) is 0 Å². The summed E-state index contributed by atoms with van der Waals surface area (Å²) in [4.78, 5) is 2.38. The quantitative estimate of drug-likeness (QED) is 0.883. The molecule has 0 aliphatic carbocycles. The molecule has 0 aromatic carbocycles. The molecule has 106 valence electrons. The first kappa shape index (κ1) is 14.3. The van der Waals surface area contributed by atoms with Gasteiger partial charge >= 0.3 is 0 Å². The van der Waals surface area contributed by atoms with Gasteiger partial charge in [-0.15, -0.1) is 5.10 Å². The van der Waals surface area contributed by atoms with E-state index in [0.717, 1.165) is 43.8 Å². The van der Waals surface area contributed by atoms with Crippen LogP contribution in [-0.4, -0.2) is 36.4 Å². The predicted octanol–water partition coefficient (Wildman–Crippen LogP) is 2.25. The predicted molar refractivity (Wildman–Crippen MR) is 79.4 cm³/mol. The van der Waals surface area contributed by atoms with Crippen molar-refractivity contribution in [1.29, 1.82) is 0 Å². The summed E-state index contributed by atoms with van der Waals surface area (Å²) in [7, 11) is 0. The Labute approximate surface area is 116 Å². The van der Waals surface area contributed by atoms with Crippen molar-refractivity contribution in [2.75, 3.05) is 31.1 Å². The first-order valence-electron chi connectivity index (χ1n) is 7.40. The molecule has 2 heterocycles. The summed E-state index contributed by atoms with van der Waals surface area (Å²) in [6.45, 7) is 11.0. The van der Waals surface area contributed by atoms with Crippen molar-refractivity contribution in [1.82, 2.24) is 15.5 Å². The van der Waals surface area contributed by atoms with Gasteiger partial charge in [-0.3, -0.25) is 0 Å². The maximum atomic E-state index is 4.26. The highest BCUT2D eigenvalue weighted by molar-refractivity contribution is 5.39. The lowest BCUT2D eigenvalue weighted by molar-refractivity contribution is 0.381. The number of rotatable bonds is 5. The van der Waals surface area contributed by atoms with E-state index in [2.05, 4.69) is 47.3 Å². The van der Waals surface area contributed by atoms with Crippen LogP contribution in [0, 0.1) is 18.8 Å². The van der Waals surface area contributed by atoms with E-state index < -0.39 is 0 Å². The van der Waals surface area contributed by atoms with Gasteiger partial charge in [0.05, 0.1) is 6.20 Å². The zero-order chi connectivity index (χ0) is 13.7. The molecular weight excluding hydrogens is 236 g/mol. The lowest BCUT2D eigenvalue weighted by atomic mass is 9.97. The molecular formula is C15H26N4. The fourth-order valence-electron chi connectivity index (χ4n) is 2.62. The number of hydrogen-bond acceptors (Lipinski definition) is 4. The van der Waals surface area contributed by atoms with E-state index in [-0.39, 0.29) is 0 Å². The van der Waals surface area contributed by atoms with Gasteiger partial charge in [-0.1, -0.05) is 13.8 Å². The SMILES string of the molecule is Cc1cnnc(N2CCCC(CNCC(C)C)C2)c1. The van der Waals surface area contributed by atoms with Crippen LogP contribution in [0.15, 0.2) is 12.3 Å². The van der Waals surface area contributed by atoms with Crippen LogP contribution in [0.4, 0.5) is 5.82 Å². The monoisotopic (exact) mass is 262 g/mol. The Morgan fingerprint density at radius 2 is 2.32 bits per heavy atom. The maximum Gasteiger partial charge on any atom is 0.151 e. The number of aromatic nitrogens is 2. The average molecular weight is 262 g/mol. The van der Waals surface area contributed by atoms with Crippen molar-refractivity contribution < 1.29 is 0 Å². The summed E-state index contributed by atoms with van der Waals surface area (Å²) in [6, 6.07) is 2.14. The summed E-state index contributed by atoms with van der Waals surface area (Å²) in [6.07, 6.45) is 4.39. The van der Waals surface area contributed by atoms with Crippen LogP contribution in [0.1, 0.15) is 32.3 Å².